The second kappa shape index (κ2) is 36.2. The van der Waals surface area contributed by atoms with Crippen LogP contribution in [-0.2, 0) is 50.3 Å². The highest BCUT2D eigenvalue weighted by Crippen LogP contribution is 2.37. The summed E-state index contributed by atoms with van der Waals surface area (Å²) in [4.78, 5) is 72.0. The number of nitrogens with two attached hydrogens (primary N) is 4. The molecule has 3 aromatic heterocycles. The number of carbonyl (C=O) groups is 4. The molecule has 30 heteroatoms. The number of nitrogens with zero attached hydrogens (tertiary/aromatic N) is 12. The van der Waals surface area contributed by atoms with Crippen LogP contribution in [0.5, 0.6) is 0 Å². The molecule has 4 aromatic carbocycles. The highest BCUT2D eigenvalue weighted by atomic mass is 19.4. The molecule has 4 amide bonds. The minimum Gasteiger partial charge on any atom is -0.354 e. The van der Waals surface area contributed by atoms with Gasteiger partial charge in [0.05, 0.1) is 12.0 Å². The van der Waals surface area contributed by atoms with Crippen LogP contribution >= 0.6 is 0 Å². The van der Waals surface area contributed by atoms with Crippen LogP contribution in [0, 0.1) is 40.8 Å². The number of carbonyl (C=O) groups excluding carboxylic acids is 4. The number of benzene rings is 4. The first-order chi connectivity index (χ1) is 50.5. The van der Waals surface area contributed by atoms with E-state index in [1.807, 2.05) is 71.9 Å². The van der Waals surface area contributed by atoms with Crippen molar-refractivity contribution in [1.29, 1.82) is 0 Å². The molecule has 0 aliphatic carbocycles. The van der Waals surface area contributed by atoms with E-state index in [1.54, 1.807) is 75.5 Å². The number of halogens is 9. The van der Waals surface area contributed by atoms with Gasteiger partial charge in [-0.25, -0.2) is 31.3 Å². The maximum Gasteiger partial charge on any atom is 0.391 e. The summed E-state index contributed by atoms with van der Waals surface area (Å²) in [6, 6.07) is 27.2. The van der Waals surface area contributed by atoms with E-state index >= 15 is 0 Å². The molecule has 6 saturated heterocycles. The van der Waals surface area contributed by atoms with E-state index in [-0.39, 0.29) is 127 Å². The molecule has 6 fully saturated rings. The van der Waals surface area contributed by atoms with E-state index in [9.17, 15) is 58.7 Å². The van der Waals surface area contributed by atoms with E-state index < -0.39 is 41.6 Å². The zero-order chi connectivity index (χ0) is 76.0. The van der Waals surface area contributed by atoms with Crippen molar-refractivity contribution in [2.45, 2.75) is 151 Å². The molecule has 8 N–H and O–H groups in total. The van der Waals surface area contributed by atoms with Crippen molar-refractivity contribution in [2.75, 3.05) is 90.0 Å². The average molecular weight is 1480 g/mol. The van der Waals surface area contributed by atoms with Crippen LogP contribution in [0.4, 0.5) is 45.3 Å². The van der Waals surface area contributed by atoms with Crippen molar-refractivity contribution in [3.8, 4) is 0 Å². The van der Waals surface area contributed by atoms with Crippen molar-refractivity contribution in [1.82, 2.24) is 54.3 Å². The van der Waals surface area contributed by atoms with Gasteiger partial charge in [0.15, 0.2) is 17.5 Å². The first-order valence-electron chi connectivity index (χ1n) is 36.1. The highest BCUT2D eigenvalue weighted by Gasteiger charge is 2.45. The second-order valence-electron chi connectivity index (χ2n) is 29.3. The topological polar surface area (TPSA) is 265 Å². The zero-order valence-electron chi connectivity index (χ0n) is 59.9. The third-order valence-corrected chi connectivity index (χ3v) is 20.2. The Kier molecular flexibility index (Phi) is 27.2. The van der Waals surface area contributed by atoms with E-state index in [2.05, 4.69) is 30.0 Å². The van der Waals surface area contributed by atoms with Crippen molar-refractivity contribution in [3.63, 3.8) is 0 Å². The maximum absolute atomic E-state index is 13.8. The number of rotatable bonds is 21. The number of anilines is 1. The minimum absolute atomic E-state index is 0.0206. The van der Waals surface area contributed by atoms with Gasteiger partial charge in [0.25, 0.3) is 0 Å². The molecule has 0 saturated carbocycles. The smallest absolute Gasteiger partial charge is 0.354 e. The Hall–Kier alpha value is -8.81. The Labute approximate surface area is 611 Å². The van der Waals surface area contributed by atoms with Crippen molar-refractivity contribution >= 4 is 29.4 Å². The lowest BCUT2D eigenvalue weighted by molar-refractivity contribution is -0.187. The minimum atomic E-state index is -4.11. The average Bonchev–Trinajstić information content (AvgIpc) is 1.67. The van der Waals surface area contributed by atoms with Crippen molar-refractivity contribution < 1.29 is 63.2 Å². The van der Waals surface area contributed by atoms with Gasteiger partial charge in [-0.3, -0.25) is 33.7 Å². The SMILES string of the molecule is CC(C)(C)c1noc([C@@H]2CCN2C(=O)C[C@H](N)Cc2cc(F)c(F)cc2F)n1.N[C@@H](CC(=O)N1CC(N2CCC(C(F)(F)F)CC2)C1)Cc1ccccc1F.N[C@@H](CC(=O)N1CC(N2CCN(c3ccccn3)CC2)C1)Cc1ccccc1F.N[C@@H](CC(=O)N1CC(n2cccn2)C1)Cc1ccccc1F. The summed E-state index contributed by atoms with van der Waals surface area (Å²) in [6.45, 7) is 15.0. The molecule has 9 heterocycles. The molecule has 7 aromatic rings. The van der Waals surface area contributed by atoms with E-state index in [4.69, 9.17) is 27.5 Å². The number of aromatic nitrogens is 5. The van der Waals surface area contributed by atoms with Crippen molar-refractivity contribution in [3.05, 3.63) is 197 Å². The van der Waals surface area contributed by atoms with Crippen LogP contribution in [-0.4, -0.2) is 205 Å². The van der Waals surface area contributed by atoms with E-state index in [0.29, 0.717) is 112 Å². The van der Waals surface area contributed by atoms with Crippen LogP contribution in [0.1, 0.15) is 112 Å². The van der Waals surface area contributed by atoms with Gasteiger partial charge in [0, 0.05) is 164 Å². The lowest BCUT2D eigenvalue weighted by Gasteiger charge is -2.48. The number of amides is 4. The standard InChI is InChI=1S/C22H28FN5O.C19H25F4N3O.C19H23F3N4O2.C16H19FN4O/c23-20-6-2-1-5-17(20)13-18(24)14-22(29)28-15-19(16-28)26-9-11-27(12-10-26)21-7-3-4-8-25-21;20-17-4-2-1-3-13(17)9-15(24)10-18(27)26-11-16(12-26)25-7-5-14(6-8-25)19(21,22)23;1-19(2,3)18-24-17(28-25-18)15-4-5-26(15)16(27)8-11(23)6-10-7-13(21)14(22)9-12(10)20;17-15-5-2-1-4-12(15)8-13(18)9-16(22)20-10-14(11-20)21-7-3-6-19-21/h1-8,18-19H,9-16,24H2;1-4,14-16H,5-12,24H2;7,9,11,15H,4-6,8,23H2,1-3H3;1-7,13-14H,8-11,18H2/t18-;15-;11-,15+;13-/m1111/s1. The van der Waals surface area contributed by atoms with Crippen LogP contribution in [0.2, 0.25) is 0 Å². The van der Waals surface area contributed by atoms with Gasteiger partial charge in [0.1, 0.15) is 35.1 Å². The summed E-state index contributed by atoms with van der Waals surface area (Å²) in [5, 5.41) is 8.14. The van der Waals surface area contributed by atoms with Crippen LogP contribution in [0.3, 0.4) is 0 Å². The van der Waals surface area contributed by atoms with Gasteiger partial charge < -0.3 is 52.0 Å². The maximum atomic E-state index is 13.8. The van der Waals surface area contributed by atoms with Crippen LogP contribution in [0.15, 0.2) is 132 Å². The Morgan fingerprint density at radius 2 is 0.934 bits per heavy atom. The van der Waals surface area contributed by atoms with Gasteiger partial charge >= 0.3 is 6.18 Å². The molecule has 0 spiro atoms. The Balaban J connectivity index is 0.000000152. The Morgan fingerprint density at radius 3 is 1.35 bits per heavy atom. The Morgan fingerprint density at radius 1 is 0.491 bits per heavy atom. The largest absolute Gasteiger partial charge is 0.391 e. The molecule has 106 heavy (non-hydrogen) atoms. The lowest BCUT2D eigenvalue weighted by atomic mass is 9.93. The molecule has 5 atom stereocenters. The molecule has 0 radical (unpaired) electrons. The monoisotopic (exact) mass is 1480 g/mol. The van der Waals surface area contributed by atoms with Gasteiger partial charge in [-0.1, -0.05) is 86.6 Å². The first kappa shape index (κ1) is 79.7. The van der Waals surface area contributed by atoms with Crippen LogP contribution in [0.25, 0.3) is 0 Å². The summed E-state index contributed by atoms with van der Waals surface area (Å²) >= 11 is 0. The normalized spacial score (nSPS) is 18.8. The zero-order valence-corrected chi connectivity index (χ0v) is 59.9. The molecule has 0 unspecified atom stereocenters. The highest BCUT2D eigenvalue weighted by molar-refractivity contribution is 5.79. The third kappa shape index (κ3) is 21.7. The quantitative estimate of drug-likeness (QED) is 0.0388. The summed E-state index contributed by atoms with van der Waals surface area (Å²) in [7, 11) is 0. The predicted octanol–water partition coefficient (Wildman–Crippen LogP) is 8.47. The van der Waals surface area contributed by atoms with Gasteiger partial charge in [-0.15, -0.1) is 0 Å². The van der Waals surface area contributed by atoms with Crippen LogP contribution < -0.4 is 27.8 Å². The molecule has 6 aliphatic heterocycles. The number of piperazine rings is 1. The third-order valence-electron chi connectivity index (χ3n) is 20.2. The molecule has 0 bridgehead atoms. The second-order valence-corrected chi connectivity index (χ2v) is 29.3. The fraction of sp³-hybridized carbons (Fsp3) is 0.500. The number of piperidine rings is 1. The molecular weight excluding hydrogens is 1390 g/mol. The fourth-order valence-electron chi connectivity index (χ4n) is 13.7. The number of hydrogen-bond donors (Lipinski definition) is 4. The molecule has 21 nitrogen and oxygen atoms in total. The summed E-state index contributed by atoms with van der Waals surface area (Å²) in [6.07, 6.45) is 3.83. The summed E-state index contributed by atoms with van der Waals surface area (Å²) < 4.78 is 126. The molecular formula is C76H95F9N16O5. The number of likely N-dealkylation sites (tertiary alicyclic amines) is 5. The molecule has 13 rings (SSSR count). The predicted molar refractivity (Wildman–Crippen MR) is 380 cm³/mol. The van der Waals surface area contributed by atoms with E-state index in [0.717, 1.165) is 51.2 Å². The summed E-state index contributed by atoms with van der Waals surface area (Å²) in [5.41, 5.74) is 25.3. The van der Waals surface area contributed by atoms with Gasteiger partial charge in [-0.2, -0.15) is 23.3 Å². The van der Waals surface area contributed by atoms with E-state index in [1.165, 1.54) is 18.2 Å². The first-order valence-corrected chi connectivity index (χ1v) is 36.1. The number of alkyl halides is 3. The van der Waals surface area contributed by atoms with Gasteiger partial charge in [0.2, 0.25) is 29.5 Å². The van der Waals surface area contributed by atoms with Crippen molar-refractivity contribution in [2.24, 2.45) is 28.9 Å². The summed E-state index contributed by atoms with van der Waals surface area (Å²) in [5.74, 6) is -3.62. The van der Waals surface area contributed by atoms with Gasteiger partial charge in [-0.05, 0) is 123 Å². The number of hydrogen-bond acceptors (Lipinski definition) is 16. The number of pyridine rings is 1. The Bertz CT molecular complexity index is 4010. The molecule has 572 valence electrons. The fourth-order valence-corrected chi connectivity index (χ4v) is 13.7. The lowest BCUT2D eigenvalue weighted by Crippen LogP contribution is -2.64. The molecule has 6 aliphatic rings.